The fourth-order valence-electron chi connectivity index (χ4n) is 3.86. The maximum absolute atomic E-state index is 11.1. The summed E-state index contributed by atoms with van der Waals surface area (Å²) in [4.78, 5) is 13.6. The van der Waals surface area contributed by atoms with E-state index in [2.05, 4.69) is 36.0 Å². The van der Waals surface area contributed by atoms with Crippen LogP contribution >= 0.6 is 0 Å². The van der Waals surface area contributed by atoms with Crippen molar-refractivity contribution in [1.82, 2.24) is 20.2 Å². The summed E-state index contributed by atoms with van der Waals surface area (Å²) in [5.74, 6) is -0.528. The molecule has 2 aromatic rings. The van der Waals surface area contributed by atoms with Crippen molar-refractivity contribution in [2.24, 2.45) is 7.05 Å². The van der Waals surface area contributed by atoms with E-state index >= 15 is 0 Å². The number of hydrogen-bond donors (Lipinski definition) is 2. The second kappa shape index (κ2) is 8.50. The second-order valence-corrected chi connectivity index (χ2v) is 7.29. The molecule has 144 valence electrons. The van der Waals surface area contributed by atoms with Crippen molar-refractivity contribution in [1.29, 1.82) is 0 Å². The normalized spacial score (nSPS) is 17.7. The third kappa shape index (κ3) is 4.64. The van der Waals surface area contributed by atoms with Crippen LogP contribution < -0.4 is 5.48 Å². The third-order valence-corrected chi connectivity index (χ3v) is 5.50. The molecule has 1 fully saturated rings. The van der Waals surface area contributed by atoms with Gasteiger partial charge in [-0.15, -0.1) is 0 Å². The van der Waals surface area contributed by atoms with E-state index in [-0.39, 0.29) is 0 Å². The number of benzene rings is 1. The molecular formula is C21H28N4O2. The maximum atomic E-state index is 11.1. The molecule has 0 aliphatic carbocycles. The number of hydrogen-bond acceptors (Lipinski definition) is 4. The molecule has 1 saturated heterocycles. The molecule has 1 amide bonds. The van der Waals surface area contributed by atoms with Gasteiger partial charge in [-0.3, -0.25) is 19.6 Å². The van der Waals surface area contributed by atoms with Crippen molar-refractivity contribution in [3.05, 3.63) is 58.4 Å². The van der Waals surface area contributed by atoms with E-state index in [1.807, 2.05) is 23.9 Å². The number of aryl methyl sites for hydroxylation is 2. The number of aromatic nitrogens is 2. The van der Waals surface area contributed by atoms with Crippen LogP contribution in [0.15, 0.2) is 30.3 Å². The van der Waals surface area contributed by atoms with Crippen molar-refractivity contribution in [2.45, 2.75) is 45.7 Å². The highest BCUT2D eigenvalue weighted by molar-refractivity contribution is 5.90. The minimum Gasteiger partial charge on any atom is -0.296 e. The first-order chi connectivity index (χ1) is 13.0. The summed E-state index contributed by atoms with van der Waals surface area (Å²) in [6.07, 6.45) is 6.51. The number of rotatable bonds is 6. The van der Waals surface area contributed by atoms with Crippen molar-refractivity contribution in [3.63, 3.8) is 0 Å². The first-order valence-electron chi connectivity index (χ1n) is 9.42. The fraction of sp³-hybridized carbons (Fsp3) is 0.429. The first kappa shape index (κ1) is 19.3. The maximum Gasteiger partial charge on any atom is 0.267 e. The van der Waals surface area contributed by atoms with E-state index in [4.69, 9.17) is 5.21 Å². The van der Waals surface area contributed by atoms with Gasteiger partial charge < -0.3 is 0 Å². The molecule has 2 heterocycles. The predicted octanol–water partition coefficient (Wildman–Crippen LogP) is 2.76. The molecular weight excluding hydrogens is 340 g/mol. The zero-order valence-electron chi connectivity index (χ0n) is 16.3. The largest absolute Gasteiger partial charge is 0.296 e. The van der Waals surface area contributed by atoms with Crippen LogP contribution in [0.5, 0.6) is 0 Å². The zero-order chi connectivity index (χ0) is 19.4. The van der Waals surface area contributed by atoms with Crippen LogP contribution in [0.2, 0.25) is 0 Å². The summed E-state index contributed by atoms with van der Waals surface area (Å²) < 4.78 is 1.98. The topological polar surface area (TPSA) is 70.4 Å². The van der Waals surface area contributed by atoms with Gasteiger partial charge in [-0.1, -0.05) is 24.3 Å². The van der Waals surface area contributed by atoms with E-state index in [9.17, 15) is 4.79 Å². The molecule has 1 aromatic carbocycles. The molecule has 0 saturated carbocycles. The number of hydroxylamine groups is 1. The average Bonchev–Trinajstić information content (AvgIpc) is 3.20. The van der Waals surface area contributed by atoms with Crippen LogP contribution in [0.3, 0.4) is 0 Å². The molecule has 6 nitrogen and oxygen atoms in total. The summed E-state index contributed by atoms with van der Waals surface area (Å²) in [7, 11) is 2.01. The Bertz CT molecular complexity index is 823. The van der Waals surface area contributed by atoms with Crippen LogP contribution in [0.1, 0.15) is 40.9 Å². The molecule has 1 aliphatic rings. The van der Waals surface area contributed by atoms with E-state index in [0.29, 0.717) is 6.04 Å². The number of nitrogens with zero attached hydrogens (tertiary/aromatic N) is 3. The lowest BCUT2D eigenvalue weighted by Crippen LogP contribution is -2.31. The van der Waals surface area contributed by atoms with Gasteiger partial charge in [-0.2, -0.15) is 5.10 Å². The Morgan fingerprint density at radius 3 is 2.70 bits per heavy atom. The van der Waals surface area contributed by atoms with Crippen LogP contribution in [0.4, 0.5) is 0 Å². The molecule has 0 spiro atoms. The number of carbonyl (C=O) groups is 1. The van der Waals surface area contributed by atoms with Crippen molar-refractivity contribution in [2.75, 3.05) is 6.54 Å². The number of nitrogens with one attached hydrogen (secondary N) is 1. The summed E-state index contributed by atoms with van der Waals surface area (Å²) >= 11 is 0. The van der Waals surface area contributed by atoms with Gasteiger partial charge in [0.05, 0.1) is 5.69 Å². The Morgan fingerprint density at radius 2 is 2.07 bits per heavy atom. The molecule has 27 heavy (non-hydrogen) atoms. The molecule has 3 rings (SSSR count). The molecule has 0 bridgehead atoms. The summed E-state index contributed by atoms with van der Waals surface area (Å²) in [6.45, 7) is 6.31. The van der Waals surface area contributed by atoms with Crippen molar-refractivity contribution < 1.29 is 10.0 Å². The Morgan fingerprint density at radius 1 is 1.33 bits per heavy atom. The minimum absolute atomic E-state index is 0.528. The fourth-order valence-corrected chi connectivity index (χ4v) is 3.86. The molecule has 1 atom stereocenters. The van der Waals surface area contributed by atoms with Gasteiger partial charge in [0.15, 0.2) is 0 Å². The Labute approximate surface area is 160 Å². The molecule has 1 aliphatic heterocycles. The Balaban J connectivity index is 1.64. The third-order valence-electron chi connectivity index (χ3n) is 5.50. The summed E-state index contributed by atoms with van der Waals surface area (Å²) in [5.41, 5.74) is 7.59. The SMILES string of the molecule is Cc1nn(C)c(C)c1C[C@H]1CCCN1Cc1ccc(C=CC(=O)NO)cc1. The van der Waals surface area contributed by atoms with Gasteiger partial charge in [0.2, 0.25) is 0 Å². The van der Waals surface area contributed by atoms with Gasteiger partial charge in [0, 0.05) is 31.4 Å². The van der Waals surface area contributed by atoms with Crippen LogP contribution in [-0.2, 0) is 24.8 Å². The monoisotopic (exact) mass is 368 g/mol. The summed E-state index contributed by atoms with van der Waals surface area (Å²) in [5, 5.41) is 13.1. The predicted molar refractivity (Wildman–Crippen MR) is 105 cm³/mol. The van der Waals surface area contributed by atoms with Gasteiger partial charge in [-0.25, -0.2) is 5.48 Å². The van der Waals surface area contributed by atoms with E-state index in [0.717, 1.165) is 30.8 Å². The van der Waals surface area contributed by atoms with Gasteiger partial charge >= 0.3 is 0 Å². The zero-order valence-corrected chi connectivity index (χ0v) is 16.3. The van der Waals surface area contributed by atoms with Crippen molar-refractivity contribution in [3.8, 4) is 0 Å². The highest BCUT2D eigenvalue weighted by atomic mass is 16.5. The Hall–Kier alpha value is -2.44. The number of carbonyl (C=O) groups excluding carboxylic acids is 1. The molecule has 6 heteroatoms. The second-order valence-electron chi connectivity index (χ2n) is 7.29. The van der Waals surface area contributed by atoms with Crippen LogP contribution in [0.25, 0.3) is 6.08 Å². The van der Waals surface area contributed by atoms with E-state index in [1.165, 1.54) is 35.7 Å². The quantitative estimate of drug-likeness (QED) is 0.467. The molecule has 0 unspecified atom stereocenters. The van der Waals surface area contributed by atoms with E-state index in [1.54, 1.807) is 11.6 Å². The van der Waals surface area contributed by atoms with Crippen LogP contribution in [0, 0.1) is 13.8 Å². The highest BCUT2D eigenvalue weighted by Crippen LogP contribution is 2.26. The average molecular weight is 368 g/mol. The lowest BCUT2D eigenvalue weighted by molar-refractivity contribution is -0.124. The lowest BCUT2D eigenvalue weighted by atomic mass is 10.0. The highest BCUT2D eigenvalue weighted by Gasteiger charge is 2.26. The molecule has 1 aromatic heterocycles. The van der Waals surface area contributed by atoms with Gasteiger partial charge in [0.25, 0.3) is 5.91 Å². The van der Waals surface area contributed by atoms with E-state index < -0.39 is 5.91 Å². The van der Waals surface area contributed by atoms with Gasteiger partial charge in [0.1, 0.15) is 0 Å². The number of amides is 1. The van der Waals surface area contributed by atoms with Crippen molar-refractivity contribution >= 4 is 12.0 Å². The standard InChI is InChI=1S/C21H28N4O2/c1-15-20(16(2)24(3)22-15)13-19-5-4-12-25(19)14-18-8-6-17(7-9-18)10-11-21(26)23-27/h6-11,19,27H,4-5,12-14H2,1-3H3,(H,23,26)/t19-/m1/s1. The summed E-state index contributed by atoms with van der Waals surface area (Å²) in [6, 6.07) is 8.76. The van der Waals surface area contributed by atoms with Crippen LogP contribution in [-0.4, -0.2) is 38.4 Å². The smallest absolute Gasteiger partial charge is 0.267 e. The number of likely N-dealkylation sites (tertiary alicyclic amines) is 1. The molecule has 0 radical (unpaired) electrons. The lowest BCUT2D eigenvalue weighted by Gasteiger charge is -2.25. The molecule has 2 N–H and O–H groups in total. The minimum atomic E-state index is -0.528. The first-order valence-corrected chi connectivity index (χ1v) is 9.42. The van der Waals surface area contributed by atoms with Gasteiger partial charge in [-0.05, 0) is 62.4 Å². The Kier molecular flexibility index (Phi) is 6.08.